The Kier molecular flexibility index (Phi) is 7.24. The lowest BCUT2D eigenvalue weighted by Crippen LogP contribution is -2.55. The Morgan fingerprint density at radius 1 is 1.03 bits per heavy atom. The van der Waals surface area contributed by atoms with Gasteiger partial charge in [-0.2, -0.15) is 0 Å². The number of nitrogens with two attached hydrogens (primary N) is 1. The lowest BCUT2D eigenvalue weighted by atomic mass is 9.44. The van der Waals surface area contributed by atoms with Crippen LogP contribution < -0.4 is 11.1 Å². The number of nitrogens with one attached hydrogen (secondary N) is 1. The van der Waals surface area contributed by atoms with Gasteiger partial charge in [-0.1, -0.05) is 27.7 Å². The molecule has 3 nitrogen and oxygen atoms in total. The topological polar surface area (TPSA) is 55.1 Å². The fourth-order valence-corrected chi connectivity index (χ4v) is 9.47. The Morgan fingerprint density at radius 3 is 2.52 bits per heavy atom. The normalized spacial score (nSPS) is 45.5. The predicted molar refractivity (Wildman–Crippen MR) is 130 cm³/mol. The number of fused-ring (bicyclic) bond motifs is 5. The second kappa shape index (κ2) is 9.45. The number of rotatable bonds is 8. The van der Waals surface area contributed by atoms with E-state index in [2.05, 4.69) is 26.1 Å². The number of hydrogen-bond acceptors (Lipinski definition) is 3. The van der Waals surface area contributed by atoms with Crippen LogP contribution in [0.3, 0.4) is 0 Å². The van der Waals surface area contributed by atoms with Crippen molar-refractivity contribution in [2.75, 3.05) is 13.1 Å². The van der Waals surface area contributed by atoms with Crippen molar-refractivity contribution in [2.24, 2.45) is 52.1 Å². The molecule has 0 aromatic rings. The lowest BCUT2D eigenvalue weighted by molar-refractivity contribution is -0.121. The van der Waals surface area contributed by atoms with Gasteiger partial charge in [0.2, 0.25) is 0 Å². The first-order chi connectivity index (χ1) is 14.8. The van der Waals surface area contributed by atoms with Crippen LogP contribution in [0.5, 0.6) is 0 Å². The van der Waals surface area contributed by atoms with E-state index in [1.807, 2.05) is 6.92 Å². The average Bonchev–Trinajstić information content (AvgIpc) is 3.13. The molecule has 4 unspecified atom stereocenters. The van der Waals surface area contributed by atoms with Crippen LogP contribution in [0.25, 0.3) is 0 Å². The Bertz CT molecular complexity index is 635. The lowest BCUT2D eigenvalue weighted by Gasteiger charge is -2.61. The molecule has 0 saturated heterocycles. The molecule has 3 N–H and O–H groups in total. The summed E-state index contributed by atoms with van der Waals surface area (Å²) in [6.45, 7) is 11.5. The molecule has 4 aliphatic carbocycles. The molecule has 0 aromatic heterocycles. The van der Waals surface area contributed by atoms with Crippen LogP contribution >= 0.6 is 0 Å². The van der Waals surface area contributed by atoms with Crippen LogP contribution in [0.15, 0.2) is 0 Å². The highest BCUT2D eigenvalue weighted by atomic mass is 16.1. The molecule has 0 aromatic carbocycles. The number of hydrogen-bond donors (Lipinski definition) is 2. The summed E-state index contributed by atoms with van der Waals surface area (Å²) in [5, 5.41) is 3.73. The fraction of sp³-hybridized carbons (Fsp3) is 0.964. The highest BCUT2D eigenvalue weighted by Crippen LogP contribution is 2.68. The van der Waals surface area contributed by atoms with Crippen LogP contribution in [-0.2, 0) is 4.79 Å². The standard InChI is InChI=1S/C28H50N2O/c1-5-22(31)8-6-19(2)24-10-11-25-23-9-7-20-18-21(30-17-16-29)12-14-27(20,3)26(23)13-15-28(24,25)4/h19-21,23-26,30H,5-18,29H2,1-4H3/t19-,20-,21?,23?,24-,25?,26?,27+,28-/m1/s1. The van der Waals surface area contributed by atoms with Gasteiger partial charge < -0.3 is 11.1 Å². The Labute approximate surface area is 192 Å². The predicted octanol–water partition coefficient (Wildman–Crippen LogP) is 5.96. The molecule has 31 heavy (non-hydrogen) atoms. The second-order valence-electron chi connectivity index (χ2n) is 12.5. The molecule has 0 amide bonds. The molecule has 4 saturated carbocycles. The summed E-state index contributed by atoms with van der Waals surface area (Å²) in [7, 11) is 0. The highest BCUT2D eigenvalue weighted by molar-refractivity contribution is 5.77. The maximum atomic E-state index is 11.9. The summed E-state index contributed by atoms with van der Waals surface area (Å²) >= 11 is 0. The van der Waals surface area contributed by atoms with E-state index in [9.17, 15) is 4.79 Å². The quantitative estimate of drug-likeness (QED) is 0.500. The minimum absolute atomic E-state index is 0.457. The Balaban J connectivity index is 1.43. The molecule has 4 aliphatic rings. The van der Waals surface area contributed by atoms with Crippen LogP contribution in [-0.4, -0.2) is 24.9 Å². The summed E-state index contributed by atoms with van der Waals surface area (Å²) in [5.41, 5.74) is 6.85. The highest BCUT2D eigenvalue weighted by Gasteiger charge is 2.60. The van der Waals surface area contributed by atoms with Gasteiger partial charge in [0.05, 0.1) is 0 Å². The van der Waals surface area contributed by atoms with Crippen molar-refractivity contribution in [1.82, 2.24) is 5.32 Å². The first-order valence-electron chi connectivity index (χ1n) is 13.8. The van der Waals surface area contributed by atoms with Crippen molar-refractivity contribution in [2.45, 2.75) is 111 Å². The number of ketones is 1. The van der Waals surface area contributed by atoms with Crippen molar-refractivity contribution in [3.63, 3.8) is 0 Å². The minimum atomic E-state index is 0.457. The third kappa shape index (κ3) is 4.27. The summed E-state index contributed by atoms with van der Waals surface area (Å²) < 4.78 is 0. The molecule has 0 heterocycles. The third-order valence-corrected chi connectivity index (χ3v) is 11.3. The van der Waals surface area contributed by atoms with Crippen LogP contribution in [0.1, 0.15) is 105 Å². The van der Waals surface area contributed by atoms with E-state index < -0.39 is 0 Å². The molecule has 0 radical (unpaired) electrons. The van der Waals surface area contributed by atoms with Gasteiger partial charge in [-0.15, -0.1) is 0 Å². The van der Waals surface area contributed by atoms with Crippen molar-refractivity contribution in [3.05, 3.63) is 0 Å². The van der Waals surface area contributed by atoms with Gasteiger partial charge >= 0.3 is 0 Å². The van der Waals surface area contributed by atoms with Crippen molar-refractivity contribution in [3.8, 4) is 0 Å². The van der Waals surface area contributed by atoms with E-state index in [-0.39, 0.29) is 0 Å². The summed E-state index contributed by atoms with van der Waals surface area (Å²) in [4.78, 5) is 11.9. The van der Waals surface area contributed by atoms with Gasteiger partial charge in [0.1, 0.15) is 5.78 Å². The molecular weight excluding hydrogens is 380 g/mol. The van der Waals surface area contributed by atoms with E-state index in [1.165, 1.54) is 57.8 Å². The van der Waals surface area contributed by atoms with Crippen LogP contribution in [0.4, 0.5) is 0 Å². The van der Waals surface area contributed by atoms with E-state index >= 15 is 0 Å². The first-order valence-corrected chi connectivity index (χ1v) is 13.8. The number of carbonyl (C=O) groups excluding carboxylic acids is 1. The Morgan fingerprint density at radius 2 is 1.77 bits per heavy atom. The third-order valence-electron chi connectivity index (χ3n) is 11.3. The molecule has 4 fully saturated rings. The maximum absolute atomic E-state index is 11.9. The fourth-order valence-electron chi connectivity index (χ4n) is 9.47. The summed E-state index contributed by atoms with van der Waals surface area (Å²) in [5.74, 6) is 5.77. The van der Waals surface area contributed by atoms with Crippen LogP contribution in [0, 0.1) is 46.3 Å². The van der Waals surface area contributed by atoms with Gasteiger partial charge in [0.15, 0.2) is 0 Å². The van der Waals surface area contributed by atoms with Crippen molar-refractivity contribution in [1.29, 1.82) is 0 Å². The zero-order chi connectivity index (χ0) is 22.2. The Hall–Kier alpha value is -0.410. The zero-order valence-electron chi connectivity index (χ0n) is 20.9. The summed E-state index contributed by atoms with van der Waals surface area (Å²) in [6, 6.07) is 0.703. The van der Waals surface area contributed by atoms with Crippen molar-refractivity contribution < 1.29 is 4.79 Å². The van der Waals surface area contributed by atoms with Gasteiger partial charge in [-0.25, -0.2) is 0 Å². The minimum Gasteiger partial charge on any atom is -0.329 e. The second-order valence-corrected chi connectivity index (χ2v) is 12.5. The van der Waals surface area contributed by atoms with E-state index in [1.54, 1.807) is 0 Å². The van der Waals surface area contributed by atoms with E-state index in [0.29, 0.717) is 35.0 Å². The molecule has 0 spiro atoms. The van der Waals surface area contributed by atoms with Gasteiger partial charge in [-0.3, -0.25) is 4.79 Å². The molecule has 3 heteroatoms. The van der Waals surface area contributed by atoms with E-state index in [0.717, 1.165) is 55.5 Å². The van der Waals surface area contributed by atoms with Gasteiger partial charge in [0.25, 0.3) is 0 Å². The molecule has 4 rings (SSSR count). The molecule has 9 atom stereocenters. The monoisotopic (exact) mass is 430 g/mol. The maximum Gasteiger partial charge on any atom is 0.132 e. The number of Topliss-reactive ketones (excluding diaryl/α,β-unsaturated/α-hetero) is 1. The molecule has 0 bridgehead atoms. The zero-order valence-corrected chi connectivity index (χ0v) is 20.9. The van der Waals surface area contributed by atoms with E-state index in [4.69, 9.17) is 5.73 Å². The molecular formula is C28H50N2O. The number of carbonyl (C=O) groups is 1. The summed E-state index contributed by atoms with van der Waals surface area (Å²) in [6.07, 6.45) is 15.5. The smallest absolute Gasteiger partial charge is 0.132 e. The van der Waals surface area contributed by atoms with Gasteiger partial charge in [0, 0.05) is 32.0 Å². The first kappa shape index (κ1) is 23.7. The molecule has 0 aliphatic heterocycles. The van der Waals surface area contributed by atoms with Crippen molar-refractivity contribution >= 4 is 5.78 Å². The average molecular weight is 431 g/mol. The van der Waals surface area contributed by atoms with Gasteiger partial charge in [-0.05, 0) is 111 Å². The van der Waals surface area contributed by atoms with Crippen LogP contribution in [0.2, 0.25) is 0 Å². The largest absolute Gasteiger partial charge is 0.329 e. The SMILES string of the molecule is CCC(=O)CC[C@@H](C)[C@H]1CCC2C3CC[C@@H]4CC(NCCN)CC[C@]4(C)C3CC[C@@]21C. The molecule has 178 valence electrons.